The van der Waals surface area contributed by atoms with E-state index in [0.29, 0.717) is 0 Å². The van der Waals surface area contributed by atoms with Gasteiger partial charge in [0.15, 0.2) is 11.6 Å². The Morgan fingerprint density at radius 1 is 1.24 bits per heavy atom. The number of piperidine rings is 1. The number of nitrogens with one attached hydrogen (secondary N) is 1. The summed E-state index contributed by atoms with van der Waals surface area (Å²) in [6.45, 7) is 2.50. The van der Waals surface area contributed by atoms with Crippen molar-refractivity contribution in [3.63, 3.8) is 0 Å². The topological polar surface area (TPSA) is 69.6 Å². The van der Waals surface area contributed by atoms with Crippen molar-refractivity contribution < 1.29 is 19.4 Å². The molecule has 0 atom stereocenters. The summed E-state index contributed by atoms with van der Waals surface area (Å²) in [4.78, 5) is 10.2. The van der Waals surface area contributed by atoms with Gasteiger partial charge in [-0.05, 0) is 44.1 Å². The number of carboxylic acid groups (broad SMARTS) is 1. The smallest absolute Gasteiger partial charge is 0.335 e. The lowest BCUT2D eigenvalue weighted by Crippen LogP contribution is -2.21. The van der Waals surface area contributed by atoms with E-state index in [-0.39, 0.29) is 5.56 Å². The Morgan fingerprint density at radius 3 is 2.24 bits per heavy atom. The molecule has 0 amide bonds. The monoisotopic (exact) mass is 241 g/mol. The Morgan fingerprint density at radius 2 is 1.88 bits per heavy atom. The number of phenols is 1. The number of phenolic OH excluding ortho intramolecular Hbond substituents is 1. The zero-order chi connectivity index (χ0) is 12.7. The van der Waals surface area contributed by atoms with E-state index in [1.807, 2.05) is 0 Å². The predicted octanol–water partition coefficient (Wildman–Crippen LogP) is 1.99. The van der Waals surface area contributed by atoms with Crippen LogP contribution in [0, 0.1) is 5.82 Å². The molecule has 1 saturated heterocycles. The lowest BCUT2D eigenvalue weighted by molar-refractivity contribution is 0.0696. The van der Waals surface area contributed by atoms with Crippen LogP contribution < -0.4 is 5.32 Å². The molecule has 5 heteroatoms. The quantitative estimate of drug-likeness (QED) is 0.703. The third-order valence-electron chi connectivity index (χ3n) is 2.40. The molecule has 3 N–H and O–H groups in total. The van der Waals surface area contributed by atoms with Crippen LogP contribution in [0.1, 0.15) is 29.6 Å². The van der Waals surface area contributed by atoms with Crippen molar-refractivity contribution in [3.8, 4) is 5.75 Å². The van der Waals surface area contributed by atoms with Crippen molar-refractivity contribution >= 4 is 5.97 Å². The first-order valence-electron chi connectivity index (χ1n) is 5.54. The Balaban J connectivity index is 0.000000202. The number of benzene rings is 1. The summed E-state index contributed by atoms with van der Waals surface area (Å²) in [6.07, 6.45) is 4.22. The molecule has 0 bridgehead atoms. The van der Waals surface area contributed by atoms with Crippen LogP contribution in [-0.2, 0) is 0 Å². The van der Waals surface area contributed by atoms with Gasteiger partial charge in [0.25, 0.3) is 0 Å². The van der Waals surface area contributed by atoms with Crippen molar-refractivity contribution in [2.24, 2.45) is 0 Å². The summed E-state index contributed by atoms with van der Waals surface area (Å²) in [6, 6.07) is 2.89. The van der Waals surface area contributed by atoms with Gasteiger partial charge >= 0.3 is 5.97 Å². The molecule has 0 unspecified atom stereocenters. The fourth-order valence-corrected chi connectivity index (χ4v) is 1.44. The van der Waals surface area contributed by atoms with Crippen molar-refractivity contribution in [1.29, 1.82) is 0 Å². The molecule has 94 valence electrons. The van der Waals surface area contributed by atoms with Crippen LogP contribution in [0.5, 0.6) is 5.75 Å². The van der Waals surface area contributed by atoms with Gasteiger partial charge in [-0.3, -0.25) is 0 Å². The largest absolute Gasteiger partial charge is 0.505 e. The maximum Gasteiger partial charge on any atom is 0.335 e. The minimum absolute atomic E-state index is 0.180. The highest BCUT2D eigenvalue weighted by atomic mass is 19.1. The van der Waals surface area contributed by atoms with E-state index in [0.717, 1.165) is 18.2 Å². The molecule has 1 aliphatic heterocycles. The number of aromatic hydroxyl groups is 1. The maximum absolute atomic E-state index is 12.4. The minimum Gasteiger partial charge on any atom is -0.505 e. The summed E-state index contributed by atoms with van der Waals surface area (Å²) in [5, 5.41) is 20.3. The average Bonchev–Trinajstić information content (AvgIpc) is 2.35. The van der Waals surface area contributed by atoms with Gasteiger partial charge in [-0.15, -0.1) is 0 Å². The molecular weight excluding hydrogens is 225 g/mol. The van der Waals surface area contributed by atoms with Crippen molar-refractivity contribution in [2.45, 2.75) is 19.3 Å². The molecule has 0 aliphatic carbocycles. The lowest BCUT2D eigenvalue weighted by Gasteiger charge is -2.08. The first kappa shape index (κ1) is 13.4. The molecule has 2 rings (SSSR count). The fourth-order valence-electron chi connectivity index (χ4n) is 1.44. The molecule has 4 nitrogen and oxygen atoms in total. The molecular formula is C12H16FNO3. The van der Waals surface area contributed by atoms with Gasteiger partial charge < -0.3 is 15.5 Å². The Bertz CT molecular complexity index is 367. The number of rotatable bonds is 1. The molecule has 0 spiro atoms. The lowest BCUT2D eigenvalue weighted by atomic mass is 10.2. The normalized spacial score (nSPS) is 14.6. The second-order valence-corrected chi connectivity index (χ2v) is 3.78. The van der Waals surface area contributed by atoms with E-state index < -0.39 is 17.5 Å². The number of hydrogen-bond acceptors (Lipinski definition) is 3. The van der Waals surface area contributed by atoms with Gasteiger partial charge in [-0.2, -0.15) is 0 Å². The highest BCUT2D eigenvalue weighted by Crippen LogP contribution is 2.15. The summed E-state index contributed by atoms with van der Waals surface area (Å²) in [5.41, 5.74) is -0.180. The molecule has 1 aromatic rings. The predicted molar refractivity (Wildman–Crippen MR) is 61.7 cm³/mol. The number of carboxylic acids is 1. The number of hydrogen-bond donors (Lipinski definition) is 3. The Kier molecular flexibility index (Phi) is 5.42. The SMILES string of the molecule is C1CCNCC1.O=C(O)c1ccc(O)c(F)c1. The van der Waals surface area contributed by atoms with Crippen LogP contribution in [0.15, 0.2) is 18.2 Å². The molecule has 1 aromatic carbocycles. The summed E-state index contributed by atoms with van der Waals surface area (Å²) in [5.74, 6) is -2.69. The van der Waals surface area contributed by atoms with Gasteiger partial charge in [0.05, 0.1) is 5.56 Å². The van der Waals surface area contributed by atoms with Crippen LogP contribution in [0.2, 0.25) is 0 Å². The van der Waals surface area contributed by atoms with Crippen molar-refractivity contribution in [3.05, 3.63) is 29.6 Å². The minimum atomic E-state index is -1.22. The van der Waals surface area contributed by atoms with Gasteiger partial charge in [0.2, 0.25) is 0 Å². The van der Waals surface area contributed by atoms with Crippen LogP contribution >= 0.6 is 0 Å². The molecule has 1 heterocycles. The van der Waals surface area contributed by atoms with Crippen LogP contribution in [0.4, 0.5) is 4.39 Å². The van der Waals surface area contributed by atoms with E-state index in [1.165, 1.54) is 32.4 Å². The van der Waals surface area contributed by atoms with E-state index in [9.17, 15) is 9.18 Å². The van der Waals surface area contributed by atoms with E-state index in [2.05, 4.69) is 5.32 Å². The standard InChI is InChI=1S/C7H5FO3.C5H11N/c8-5-3-4(7(10)11)1-2-6(5)9;1-2-4-6-5-3-1/h1-3,9H,(H,10,11);6H,1-5H2. The van der Waals surface area contributed by atoms with Crippen molar-refractivity contribution in [1.82, 2.24) is 5.32 Å². The van der Waals surface area contributed by atoms with Crippen molar-refractivity contribution in [2.75, 3.05) is 13.1 Å². The number of halogens is 1. The second-order valence-electron chi connectivity index (χ2n) is 3.78. The highest BCUT2D eigenvalue weighted by molar-refractivity contribution is 5.87. The first-order valence-corrected chi connectivity index (χ1v) is 5.54. The average molecular weight is 241 g/mol. The molecule has 1 fully saturated rings. The molecule has 0 aromatic heterocycles. The maximum atomic E-state index is 12.4. The second kappa shape index (κ2) is 6.85. The molecule has 17 heavy (non-hydrogen) atoms. The van der Waals surface area contributed by atoms with Gasteiger partial charge in [0, 0.05) is 0 Å². The molecule has 1 aliphatic rings. The van der Waals surface area contributed by atoms with Gasteiger partial charge in [-0.1, -0.05) is 6.42 Å². The zero-order valence-corrected chi connectivity index (χ0v) is 9.45. The van der Waals surface area contributed by atoms with Crippen LogP contribution in [0.3, 0.4) is 0 Å². The first-order chi connectivity index (χ1) is 8.11. The number of aromatic carboxylic acids is 1. The molecule has 0 saturated carbocycles. The number of carbonyl (C=O) groups is 1. The molecule has 0 radical (unpaired) electrons. The third kappa shape index (κ3) is 4.82. The summed E-state index contributed by atoms with van der Waals surface area (Å²) >= 11 is 0. The fraction of sp³-hybridized carbons (Fsp3) is 0.417. The highest BCUT2D eigenvalue weighted by Gasteiger charge is 2.06. The van der Waals surface area contributed by atoms with E-state index >= 15 is 0 Å². The third-order valence-corrected chi connectivity index (χ3v) is 2.40. The van der Waals surface area contributed by atoms with Crippen LogP contribution in [0.25, 0.3) is 0 Å². The zero-order valence-electron chi connectivity index (χ0n) is 9.45. The summed E-state index contributed by atoms with van der Waals surface area (Å²) in [7, 11) is 0. The van der Waals surface area contributed by atoms with Gasteiger partial charge in [0.1, 0.15) is 0 Å². The van der Waals surface area contributed by atoms with E-state index in [4.69, 9.17) is 10.2 Å². The van der Waals surface area contributed by atoms with Crippen LogP contribution in [-0.4, -0.2) is 29.3 Å². The summed E-state index contributed by atoms with van der Waals surface area (Å²) < 4.78 is 12.4. The van der Waals surface area contributed by atoms with Gasteiger partial charge in [-0.25, -0.2) is 9.18 Å². The Hall–Kier alpha value is -1.62. The van der Waals surface area contributed by atoms with E-state index in [1.54, 1.807) is 0 Å². The Labute approximate surface area is 99.1 Å².